The number of hydrogen-bond donors (Lipinski definition) is 0. The van der Waals surface area contributed by atoms with E-state index in [-0.39, 0.29) is 0 Å². The van der Waals surface area contributed by atoms with Gasteiger partial charge in [0.1, 0.15) is 0 Å². The lowest BCUT2D eigenvalue weighted by Crippen LogP contribution is -2.18. The molecule has 0 aromatic heterocycles. The highest BCUT2D eigenvalue weighted by atomic mass is 16.6. The smallest absolute Gasteiger partial charge is 0.412 e. The van der Waals surface area contributed by atoms with Gasteiger partial charge in [-0.3, -0.25) is 0 Å². The maximum atomic E-state index is 5.02. The fourth-order valence-electron chi connectivity index (χ4n) is 0.515. The van der Waals surface area contributed by atoms with Crippen LogP contribution in [0.2, 0.25) is 0 Å². The molecule has 0 spiro atoms. The Morgan fingerprint density at radius 3 is 2.12 bits per heavy atom. The van der Waals surface area contributed by atoms with Crippen LogP contribution in [0.4, 0.5) is 0 Å². The van der Waals surface area contributed by atoms with Gasteiger partial charge in [-0.25, -0.2) is 0 Å². The normalized spacial score (nSPS) is 23.0. The van der Waals surface area contributed by atoms with Gasteiger partial charge in [-0.2, -0.15) is 0 Å². The first-order valence-electron chi connectivity index (χ1n) is 2.73. The highest BCUT2D eigenvalue weighted by Gasteiger charge is 1.97. The predicted octanol–water partition coefficient (Wildman–Crippen LogP) is -0.684. The van der Waals surface area contributed by atoms with E-state index in [0.717, 1.165) is 0 Å². The predicted molar refractivity (Wildman–Crippen MR) is 29.9 cm³/mol. The van der Waals surface area contributed by atoms with Crippen LogP contribution in [0.15, 0.2) is 0 Å². The van der Waals surface area contributed by atoms with Crippen molar-refractivity contribution in [2.45, 2.75) is 0 Å². The molecule has 0 saturated carbocycles. The standard InChI is InChI=1S/C4H9BO3/c1-3-7-5-8-4-2-6-1/h5H,1-4H2. The Morgan fingerprint density at radius 2 is 1.50 bits per heavy atom. The molecule has 0 aromatic carbocycles. The molecule has 1 rings (SSSR count). The van der Waals surface area contributed by atoms with Gasteiger partial charge in [0.05, 0.1) is 26.4 Å². The van der Waals surface area contributed by atoms with Gasteiger partial charge in [0.15, 0.2) is 0 Å². The molecule has 1 heterocycles. The molecule has 3 nitrogen and oxygen atoms in total. The zero-order chi connectivity index (χ0) is 5.66. The van der Waals surface area contributed by atoms with Crippen LogP contribution < -0.4 is 0 Å². The first kappa shape index (κ1) is 6.07. The molecule has 0 atom stereocenters. The summed E-state index contributed by atoms with van der Waals surface area (Å²) in [5.41, 5.74) is 0. The summed E-state index contributed by atoms with van der Waals surface area (Å²) in [6.07, 6.45) is 0. The summed E-state index contributed by atoms with van der Waals surface area (Å²) >= 11 is 0. The molecule has 1 aliphatic rings. The minimum Gasteiger partial charge on any atom is -0.412 e. The van der Waals surface area contributed by atoms with Gasteiger partial charge < -0.3 is 14.0 Å². The monoisotopic (exact) mass is 116 g/mol. The third-order valence-corrected chi connectivity index (χ3v) is 0.911. The van der Waals surface area contributed by atoms with E-state index in [0.29, 0.717) is 34.1 Å². The maximum absolute atomic E-state index is 5.02. The average Bonchev–Trinajstić information content (AvgIpc) is 1.62. The lowest BCUT2D eigenvalue weighted by Gasteiger charge is -2.09. The number of rotatable bonds is 0. The first-order chi connectivity index (χ1) is 4.00. The average molecular weight is 116 g/mol. The van der Waals surface area contributed by atoms with Crippen molar-refractivity contribution in [3.63, 3.8) is 0 Å². The third-order valence-electron chi connectivity index (χ3n) is 0.911. The molecule has 1 aliphatic heterocycles. The Kier molecular flexibility index (Phi) is 2.95. The van der Waals surface area contributed by atoms with E-state index in [1.807, 2.05) is 0 Å². The lowest BCUT2D eigenvalue weighted by atomic mass is 10.4. The molecule has 0 amide bonds. The van der Waals surface area contributed by atoms with Crippen molar-refractivity contribution in [1.82, 2.24) is 0 Å². The molecular weight excluding hydrogens is 107 g/mol. The summed E-state index contributed by atoms with van der Waals surface area (Å²) in [4.78, 5) is 0. The molecule has 0 radical (unpaired) electrons. The summed E-state index contributed by atoms with van der Waals surface area (Å²) in [5.74, 6) is 0. The molecule has 0 aromatic rings. The summed E-state index contributed by atoms with van der Waals surface area (Å²) in [5, 5.41) is 0. The fraction of sp³-hybridized carbons (Fsp3) is 1.00. The minimum atomic E-state index is 0.420. The third kappa shape index (κ3) is 2.30. The molecule has 46 valence electrons. The van der Waals surface area contributed by atoms with E-state index >= 15 is 0 Å². The second kappa shape index (κ2) is 3.89. The van der Waals surface area contributed by atoms with Crippen molar-refractivity contribution >= 4 is 7.69 Å². The van der Waals surface area contributed by atoms with Crippen LogP contribution >= 0.6 is 0 Å². The summed E-state index contributed by atoms with van der Waals surface area (Å²) in [6.45, 7) is 2.70. The topological polar surface area (TPSA) is 27.7 Å². The number of hydrogen-bond acceptors (Lipinski definition) is 3. The van der Waals surface area contributed by atoms with E-state index in [4.69, 9.17) is 14.0 Å². The van der Waals surface area contributed by atoms with Crippen molar-refractivity contribution in [1.29, 1.82) is 0 Å². The minimum absolute atomic E-state index is 0.420. The second-order valence-electron chi connectivity index (χ2n) is 1.55. The van der Waals surface area contributed by atoms with Crippen LogP contribution in [-0.2, 0) is 14.0 Å². The quantitative estimate of drug-likeness (QED) is 0.392. The summed E-state index contributed by atoms with van der Waals surface area (Å²) < 4.78 is 14.9. The van der Waals surface area contributed by atoms with Gasteiger partial charge >= 0.3 is 7.69 Å². The zero-order valence-electron chi connectivity index (χ0n) is 4.76. The molecule has 0 unspecified atom stereocenters. The van der Waals surface area contributed by atoms with Crippen LogP contribution in [0.5, 0.6) is 0 Å². The maximum Gasteiger partial charge on any atom is 0.438 e. The van der Waals surface area contributed by atoms with E-state index in [1.165, 1.54) is 0 Å². The Labute approximate surface area is 49.2 Å². The van der Waals surface area contributed by atoms with Gasteiger partial charge in [0.2, 0.25) is 0 Å². The van der Waals surface area contributed by atoms with Crippen molar-refractivity contribution in [3.8, 4) is 0 Å². The van der Waals surface area contributed by atoms with Crippen molar-refractivity contribution in [2.75, 3.05) is 26.4 Å². The first-order valence-corrected chi connectivity index (χ1v) is 2.73. The summed E-state index contributed by atoms with van der Waals surface area (Å²) in [6, 6.07) is 0. The second-order valence-corrected chi connectivity index (χ2v) is 1.55. The zero-order valence-corrected chi connectivity index (χ0v) is 4.76. The van der Waals surface area contributed by atoms with E-state index in [2.05, 4.69) is 0 Å². The molecule has 0 N–H and O–H groups in total. The van der Waals surface area contributed by atoms with Gasteiger partial charge in [-0.1, -0.05) is 0 Å². The Balaban J connectivity index is 2.00. The molecule has 4 heteroatoms. The van der Waals surface area contributed by atoms with Gasteiger partial charge in [0, 0.05) is 0 Å². The Bertz CT molecular complexity index is 35.2. The molecule has 1 fully saturated rings. The molecule has 8 heavy (non-hydrogen) atoms. The van der Waals surface area contributed by atoms with Crippen LogP contribution in [0.3, 0.4) is 0 Å². The SMILES string of the molecule is B1OCCOCCO1. The largest absolute Gasteiger partial charge is 0.438 e. The van der Waals surface area contributed by atoms with E-state index in [1.54, 1.807) is 0 Å². The van der Waals surface area contributed by atoms with Crippen LogP contribution in [0, 0.1) is 0 Å². The highest BCUT2D eigenvalue weighted by Crippen LogP contribution is 1.83. The van der Waals surface area contributed by atoms with Crippen LogP contribution in [0.1, 0.15) is 0 Å². The van der Waals surface area contributed by atoms with Gasteiger partial charge in [-0.15, -0.1) is 0 Å². The van der Waals surface area contributed by atoms with Crippen LogP contribution in [0.25, 0.3) is 0 Å². The van der Waals surface area contributed by atoms with Crippen LogP contribution in [-0.4, -0.2) is 34.1 Å². The fourth-order valence-corrected chi connectivity index (χ4v) is 0.515. The van der Waals surface area contributed by atoms with Gasteiger partial charge in [0.25, 0.3) is 0 Å². The summed E-state index contributed by atoms with van der Waals surface area (Å²) in [7, 11) is 0.420. The van der Waals surface area contributed by atoms with E-state index in [9.17, 15) is 0 Å². The molecule has 0 aliphatic carbocycles. The molecule has 1 saturated heterocycles. The van der Waals surface area contributed by atoms with Crippen molar-refractivity contribution < 1.29 is 14.0 Å². The Morgan fingerprint density at radius 1 is 0.875 bits per heavy atom. The molecule has 0 bridgehead atoms. The highest BCUT2D eigenvalue weighted by molar-refractivity contribution is 6.17. The van der Waals surface area contributed by atoms with Gasteiger partial charge in [-0.05, 0) is 0 Å². The van der Waals surface area contributed by atoms with Crippen molar-refractivity contribution in [2.24, 2.45) is 0 Å². The van der Waals surface area contributed by atoms with E-state index < -0.39 is 0 Å². The molecular formula is C4H9BO3. The lowest BCUT2D eigenvalue weighted by molar-refractivity contribution is 0.0436. The Hall–Kier alpha value is -0.0551. The number of ether oxygens (including phenoxy) is 1. The van der Waals surface area contributed by atoms with Crippen molar-refractivity contribution in [3.05, 3.63) is 0 Å².